The molecule has 1 fully saturated rings. The molecule has 0 atom stereocenters. The highest BCUT2D eigenvalue weighted by Gasteiger charge is 2.34. The number of anilines is 1. The van der Waals surface area contributed by atoms with E-state index in [0.717, 1.165) is 18.9 Å². The molecule has 1 aromatic rings. The highest BCUT2D eigenvalue weighted by atomic mass is 19.4. The average molecular weight is 303 g/mol. The second-order valence-electron chi connectivity index (χ2n) is 5.24. The van der Waals surface area contributed by atoms with Crippen molar-refractivity contribution in [3.05, 3.63) is 23.4 Å². The van der Waals surface area contributed by atoms with Crippen LogP contribution in [-0.2, 0) is 6.18 Å². The minimum atomic E-state index is -4.61. The van der Waals surface area contributed by atoms with Crippen molar-refractivity contribution < 1.29 is 23.1 Å². The van der Waals surface area contributed by atoms with Crippen molar-refractivity contribution in [3.8, 4) is 0 Å². The normalized spacial score (nSPS) is 17.7. The van der Waals surface area contributed by atoms with Crippen LogP contribution >= 0.6 is 0 Å². The van der Waals surface area contributed by atoms with E-state index < -0.39 is 23.4 Å². The smallest absolute Gasteiger partial charge is 0.388 e. The summed E-state index contributed by atoms with van der Waals surface area (Å²) in [7, 11) is 0. The van der Waals surface area contributed by atoms with Gasteiger partial charge in [-0.05, 0) is 25.0 Å². The summed E-state index contributed by atoms with van der Waals surface area (Å²) in [6.45, 7) is 0.0294. The van der Waals surface area contributed by atoms with Crippen LogP contribution in [0.3, 0.4) is 0 Å². The van der Waals surface area contributed by atoms with Crippen molar-refractivity contribution in [1.29, 1.82) is 0 Å². The van der Waals surface area contributed by atoms with Crippen LogP contribution in [0, 0.1) is 0 Å². The van der Waals surface area contributed by atoms with E-state index in [-0.39, 0.29) is 17.9 Å². The molecular weight excluding hydrogens is 287 g/mol. The molecule has 1 aromatic heterocycles. The number of pyridine rings is 1. The summed E-state index contributed by atoms with van der Waals surface area (Å²) in [4.78, 5) is 14.7. The SMILES string of the molecule is NC(=O)c1ccc(C(F)(F)F)nc1NCC1(O)CCCC1. The van der Waals surface area contributed by atoms with Crippen LogP contribution in [-0.4, -0.2) is 28.1 Å². The summed E-state index contributed by atoms with van der Waals surface area (Å²) in [6.07, 6.45) is -1.78. The number of carbonyl (C=O) groups excluding carboxylic acids is 1. The van der Waals surface area contributed by atoms with E-state index in [9.17, 15) is 23.1 Å². The molecular formula is C13H16F3N3O2. The number of hydrogen-bond donors (Lipinski definition) is 3. The molecule has 1 aliphatic carbocycles. The maximum absolute atomic E-state index is 12.7. The third-order valence-corrected chi connectivity index (χ3v) is 3.57. The number of rotatable bonds is 4. The number of nitrogens with zero attached hydrogens (tertiary/aromatic N) is 1. The summed E-state index contributed by atoms with van der Waals surface area (Å²) in [6, 6.07) is 1.69. The Kier molecular flexibility index (Phi) is 4.08. The Morgan fingerprint density at radius 2 is 2.00 bits per heavy atom. The molecule has 0 saturated heterocycles. The molecule has 4 N–H and O–H groups in total. The first kappa shape index (κ1) is 15.6. The van der Waals surface area contributed by atoms with Gasteiger partial charge in [-0.3, -0.25) is 4.79 Å². The van der Waals surface area contributed by atoms with Gasteiger partial charge >= 0.3 is 6.18 Å². The average Bonchev–Trinajstić information content (AvgIpc) is 2.82. The number of amides is 1. The van der Waals surface area contributed by atoms with Gasteiger partial charge in [0.25, 0.3) is 5.91 Å². The molecule has 1 saturated carbocycles. The standard InChI is InChI=1S/C13H16F3N3O2/c14-13(15,16)9-4-3-8(10(17)20)11(19-9)18-7-12(21)5-1-2-6-12/h3-4,21H,1-2,5-7H2,(H2,17,20)(H,18,19). The van der Waals surface area contributed by atoms with Crippen LogP contribution in [0.2, 0.25) is 0 Å². The summed E-state index contributed by atoms with van der Waals surface area (Å²) < 4.78 is 38.0. The summed E-state index contributed by atoms with van der Waals surface area (Å²) in [5.41, 5.74) is 2.89. The lowest BCUT2D eigenvalue weighted by Crippen LogP contribution is -2.34. The second kappa shape index (κ2) is 5.51. The topological polar surface area (TPSA) is 88.2 Å². The predicted octanol–water partition coefficient (Wildman–Crippen LogP) is 1.92. The van der Waals surface area contributed by atoms with Crippen molar-refractivity contribution in [2.24, 2.45) is 5.73 Å². The van der Waals surface area contributed by atoms with E-state index in [2.05, 4.69) is 10.3 Å². The molecule has 5 nitrogen and oxygen atoms in total. The van der Waals surface area contributed by atoms with E-state index >= 15 is 0 Å². The molecule has 0 radical (unpaired) electrons. The molecule has 1 heterocycles. The van der Waals surface area contributed by atoms with Crippen molar-refractivity contribution in [2.45, 2.75) is 37.5 Å². The van der Waals surface area contributed by atoms with E-state index in [1.807, 2.05) is 0 Å². The Balaban J connectivity index is 2.24. The van der Waals surface area contributed by atoms with Crippen LogP contribution in [0.1, 0.15) is 41.7 Å². The monoisotopic (exact) mass is 303 g/mol. The summed E-state index contributed by atoms with van der Waals surface area (Å²) in [5.74, 6) is -1.13. The number of halogens is 3. The molecule has 0 aromatic carbocycles. The van der Waals surface area contributed by atoms with Crippen LogP contribution in [0.5, 0.6) is 0 Å². The minimum Gasteiger partial charge on any atom is -0.388 e. The maximum Gasteiger partial charge on any atom is 0.433 e. The lowest BCUT2D eigenvalue weighted by molar-refractivity contribution is -0.141. The van der Waals surface area contributed by atoms with Gasteiger partial charge in [0, 0.05) is 6.54 Å². The second-order valence-corrected chi connectivity index (χ2v) is 5.24. The van der Waals surface area contributed by atoms with Crippen LogP contribution < -0.4 is 11.1 Å². The highest BCUT2D eigenvalue weighted by Crippen LogP contribution is 2.31. The van der Waals surface area contributed by atoms with Gasteiger partial charge in [-0.1, -0.05) is 12.8 Å². The third-order valence-electron chi connectivity index (χ3n) is 3.57. The minimum absolute atomic E-state index is 0.0294. The molecule has 21 heavy (non-hydrogen) atoms. The Hall–Kier alpha value is -1.83. The zero-order valence-electron chi connectivity index (χ0n) is 11.2. The Bertz CT molecular complexity index is 540. The van der Waals surface area contributed by atoms with E-state index in [1.165, 1.54) is 0 Å². The number of aliphatic hydroxyl groups is 1. The first-order chi connectivity index (χ1) is 9.71. The van der Waals surface area contributed by atoms with Gasteiger partial charge in [0.1, 0.15) is 11.5 Å². The number of nitrogens with two attached hydrogens (primary N) is 1. The van der Waals surface area contributed by atoms with Crippen molar-refractivity contribution in [3.63, 3.8) is 0 Å². The van der Waals surface area contributed by atoms with Gasteiger partial charge < -0.3 is 16.2 Å². The number of alkyl halides is 3. The number of primary amides is 1. The zero-order chi connectivity index (χ0) is 15.7. The van der Waals surface area contributed by atoms with Crippen LogP contribution in [0.25, 0.3) is 0 Å². The molecule has 0 bridgehead atoms. The number of carbonyl (C=O) groups is 1. The maximum atomic E-state index is 12.7. The third kappa shape index (κ3) is 3.63. The number of aromatic nitrogens is 1. The fourth-order valence-electron chi connectivity index (χ4n) is 2.41. The van der Waals surface area contributed by atoms with Gasteiger partial charge in [-0.25, -0.2) is 4.98 Å². The summed E-state index contributed by atoms with van der Waals surface area (Å²) in [5, 5.41) is 12.8. The van der Waals surface area contributed by atoms with E-state index in [1.54, 1.807) is 0 Å². The largest absolute Gasteiger partial charge is 0.433 e. The zero-order valence-corrected chi connectivity index (χ0v) is 11.2. The van der Waals surface area contributed by atoms with E-state index in [4.69, 9.17) is 5.73 Å². The molecule has 116 valence electrons. The van der Waals surface area contributed by atoms with Gasteiger partial charge in [0.2, 0.25) is 0 Å². The first-order valence-corrected chi connectivity index (χ1v) is 6.56. The molecule has 0 unspecified atom stereocenters. The molecule has 0 spiro atoms. The molecule has 2 rings (SSSR count). The number of nitrogens with one attached hydrogen (secondary N) is 1. The lowest BCUT2D eigenvalue weighted by Gasteiger charge is -2.23. The summed E-state index contributed by atoms with van der Waals surface area (Å²) >= 11 is 0. The fourth-order valence-corrected chi connectivity index (χ4v) is 2.41. The molecule has 0 aliphatic heterocycles. The van der Waals surface area contributed by atoms with Gasteiger partial charge in [-0.15, -0.1) is 0 Å². The van der Waals surface area contributed by atoms with Crippen molar-refractivity contribution in [2.75, 3.05) is 11.9 Å². The number of hydrogen-bond acceptors (Lipinski definition) is 4. The van der Waals surface area contributed by atoms with Crippen LogP contribution in [0.15, 0.2) is 12.1 Å². The predicted molar refractivity (Wildman–Crippen MR) is 69.7 cm³/mol. The van der Waals surface area contributed by atoms with E-state index in [0.29, 0.717) is 18.9 Å². The van der Waals surface area contributed by atoms with Gasteiger partial charge in [-0.2, -0.15) is 13.2 Å². The van der Waals surface area contributed by atoms with Crippen molar-refractivity contribution >= 4 is 11.7 Å². The molecule has 1 aliphatic rings. The first-order valence-electron chi connectivity index (χ1n) is 6.56. The van der Waals surface area contributed by atoms with Gasteiger partial charge in [0.05, 0.1) is 11.2 Å². The highest BCUT2D eigenvalue weighted by molar-refractivity contribution is 5.97. The van der Waals surface area contributed by atoms with Gasteiger partial charge in [0.15, 0.2) is 0 Å². The van der Waals surface area contributed by atoms with Crippen LogP contribution in [0.4, 0.5) is 19.0 Å². The fraction of sp³-hybridized carbons (Fsp3) is 0.538. The Morgan fingerprint density at radius 3 is 2.52 bits per heavy atom. The Labute approximate surface area is 119 Å². The quantitative estimate of drug-likeness (QED) is 0.793. The molecule has 8 heteroatoms. The lowest BCUT2D eigenvalue weighted by atomic mass is 10.0. The van der Waals surface area contributed by atoms with Crippen molar-refractivity contribution in [1.82, 2.24) is 4.98 Å². The molecule has 1 amide bonds. The Morgan fingerprint density at radius 1 is 1.38 bits per heavy atom.